The summed E-state index contributed by atoms with van der Waals surface area (Å²) in [4.78, 5) is 37.3. The van der Waals surface area contributed by atoms with E-state index in [-0.39, 0.29) is 5.91 Å². The van der Waals surface area contributed by atoms with E-state index in [9.17, 15) is 14.4 Å². The molecule has 0 unspecified atom stereocenters. The number of benzene rings is 4. The lowest BCUT2D eigenvalue weighted by atomic mass is 10.1. The van der Waals surface area contributed by atoms with Gasteiger partial charge >= 0.3 is 5.97 Å². The Bertz CT molecular complexity index is 1480. The number of methoxy groups -OCH3 is 2. The average Bonchev–Trinajstić information content (AvgIpc) is 2.97. The highest BCUT2D eigenvalue weighted by Crippen LogP contribution is 2.17. The minimum absolute atomic E-state index is 0.281. The maximum absolute atomic E-state index is 12.5. The molecule has 0 aliphatic carbocycles. The van der Waals surface area contributed by atoms with Gasteiger partial charge in [0.2, 0.25) is 0 Å². The van der Waals surface area contributed by atoms with Crippen LogP contribution < -0.4 is 25.0 Å². The standard InChI is InChI=1S/C30H25N3O6/c1-37-25-14-8-21(9-15-25)28(34)32-24-12-6-22(7-13-24)29(35)33-31-19-20-4-3-5-27(18-20)39-30(36)23-10-16-26(38-2)17-11-23/h3-19H,1-2H3,(H,32,34)(H,33,35)/b31-19+. The van der Waals surface area contributed by atoms with E-state index >= 15 is 0 Å². The first-order chi connectivity index (χ1) is 18.9. The predicted octanol–water partition coefficient (Wildman–Crippen LogP) is 4.94. The number of carbonyl (C=O) groups excluding carboxylic acids is 3. The summed E-state index contributed by atoms with van der Waals surface area (Å²) in [6, 6.07) is 26.4. The Kier molecular flexibility index (Phi) is 8.66. The van der Waals surface area contributed by atoms with Gasteiger partial charge in [-0.1, -0.05) is 12.1 Å². The van der Waals surface area contributed by atoms with Gasteiger partial charge in [-0.15, -0.1) is 0 Å². The summed E-state index contributed by atoms with van der Waals surface area (Å²) < 4.78 is 15.6. The van der Waals surface area contributed by atoms with Crippen molar-refractivity contribution in [2.45, 2.75) is 0 Å². The lowest BCUT2D eigenvalue weighted by Crippen LogP contribution is -2.18. The molecular weight excluding hydrogens is 498 g/mol. The molecule has 2 amide bonds. The first-order valence-electron chi connectivity index (χ1n) is 11.8. The van der Waals surface area contributed by atoms with Crippen LogP contribution in [0.25, 0.3) is 0 Å². The maximum Gasteiger partial charge on any atom is 0.343 e. The quantitative estimate of drug-likeness (QED) is 0.139. The lowest BCUT2D eigenvalue weighted by molar-refractivity contribution is 0.0734. The second-order valence-corrected chi connectivity index (χ2v) is 8.15. The Balaban J connectivity index is 1.30. The van der Waals surface area contributed by atoms with Crippen LogP contribution in [0.2, 0.25) is 0 Å². The van der Waals surface area contributed by atoms with Gasteiger partial charge in [-0.3, -0.25) is 9.59 Å². The Morgan fingerprint density at radius 3 is 1.85 bits per heavy atom. The van der Waals surface area contributed by atoms with Crippen molar-refractivity contribution in [2.24, 2.45) is 5.10 Å². The molecule has 0 fully saturated rings. The monoisotopic (exact) mass is 523 g/mol. The van der Waals surface area contributed by atoms with Gasteiger partial charge in [0, 0.05) is 16.8 Å². The summed E-state index contributed by atoms with van der Waals surface area (Å²) in [5.41, 5.74) is 4.83. The van der Waals surface area contributed by atoms with Crippen molar-refractivity contribution in [3.05, 3.63) is 119 Å². The zero-order valence-corrected chi connectivity index (χ0v) is 21.2. The first kappa shape index (κ1) is 26.6. The topological polar surface area (TPSA) is 115 Å². The molecule has 0 heterocycles. The zero-order valence-electron chi connectivity index (χ0n) is 21.2. The van der Waals surface area contributed by atoms with Gasteiger partial charge in [0.25, 0.3) is 11.8 Å². The number of rotatable bonds is 9. The molecule has 0 aliphatic rings. The van der Waals surface area contributed by atoms with Gasteiger partial charge in [0.05, 0.1) is 26.0 Å². The first-order valence-corrected chi connectivity index (χ1v) is 11.8. The molecule has 2 N–H and O–H groups in total. The third kappa shape index (κ3) is 7.30. The van der Waals surface area contributed by atoms with E-state index in [4.69, 9.17) is 14.2 Å². The molecule has 4 aromatic rings. The maximum atomic E-state index is 12.5. The summed E-state index contributed by atoms with van der Waals surface area (Å²) in [6.07, 6.45) is 1.44. The van der Waals surface area contributed by atoms with Gasteiger partial charge in [-0.25, -0.2) is 10.2 Å². The Morgan fingerprint density at radius 1 is 0.667 bits per heavy atom. The predicted molar refractivity (Wildman–Crippen MR) is 147 cm³/mol. The highest BCUT2D eigenvalue weighted by molar-refractivity contribution is 6.04. The second kappa shape index (κ2) is 12.7. The van der Waals surface area contributed by atoms with E-state index in [0.29, 0.717) is 45.2 Å². The number of nitrogens with one attached hydrogen (secondary N) is 2. The van der Waals surface area contributed by atoms with E-state index in [0.717, 1.165) is 0 Å². The van der Waals surface area contributed by atoms with Gasteiger partial charge in [-0.2, -0.15) is 5.10 Å². The number of anilines is 1. The van der Waals surface area contributed by atoms with Crippen molar-refractivity contribution in [3.63, 3.8) is 0 Å². The fraction of sp³-hybridized carbons (Fsp3) is 0.0667. The van der Waals surface area contributed by atoms with Gasteiger partial charge < -0.3 is 19.5 Å². The Hall–Kier alpha value is -5.44. The summed E-state index contributed by atoms with van der Waals surface area (Å²) in [6.45, 7) is 0. The molecule has 0 atom stereocenters. The molecular formula is C30H25N3O6. The number of amides is 2. The second-order valence-electron chi connectivity index (χ2n) is 8.15. The smallest absolute Gasteiger partial charge is 0.343 e. The van der Waals surface area contributed by atoms with Crippen LogP contribution in [-0.4, -0.2) is 38.2 Å². The molecule has 0 saturated carbocycles. The number of hydrogen-bond acceptors (Lipinski definition) is 7. The minimum atomic E-state index is -0.510. The molecule has 4 aromatic carbocycles. The Labute approximate surface area is 225 Å². The van der Waals surface area contributed by atoms with E-state index in [2.05, 4.69) is 15.8 Å². The minimum Gasteiger partial charge on any atom is -0.497 e. The van der Waals surface area contributed by atoms with Crippen LogP contribution in [0.15, 0.2) is 102 Å². The molecule has 196 valence electrons. The number of hydrazone groups is 1. The molecule has 0 saturated heterocycles. The van der Waals surface area contributed by atoms with E-state index in [1.807, 2.05) is 0 Å². The number of esters is 1. The lowest BCUT2D eigenvalue weighted by Gasteiger charge is -2.07. The number of carbonyl (C=O) groups is 3. The highest BCUT2D eigenvalue weighted by atomic mass is 16.5. The van der Waals surface area contributed by atoms with Crippen molar-refractivity contribution >= 4 is 29.7 Å². The molecule has 39 heavy (non-hydrogen) atoms. The van der Waals surface area contributed by atoms with Crippen LogP contribution in [0, 0.1) is 0 Å². The molecule has 0 radical (unpaired) electrons. The summed E-state index contributed by atoms with van der Waals surface area (Å²) in [5, 5.41) is 6.76. The van der Waals surface area contributed by atoms with Crippen LogP contribution in [0.3, 0.4) is 0 Å². The van der Waals surface area contributed by atoms with Gasteiger partial charge in [0.15, 0.2) is 0 Å². The van der Waals surface area contributed by atoms with Gasteiger partial charge in [0.1, 0.15) is 17.2 Å². The van der Waals surface area contributed by atoms with Crippen molar-refractivity contribution in [1.82, 2.24) is 5.43 Å². The summed E-state index contributed by atoms with van der Waals surface area (Å²) in [7, 11) is 3.10. The van der Waals surface area contributed by atoms with Crippen LogP contribution in [0.5, 0.6) is 17.2 Å². The highest BCUT2D eigenvalue weighted by Gasteiger charge is 2.10. The van der Waals surface area contributed by atoms with E-state index in [1.54, 1.807) is 111 Å². The molecule has 0 spiro atoms. The number of hydrogen-bond donors (Lipinski definition) is 2. The van der Waals surface area contributed by atoms with E-state index in [1.165, 1.54) is 6.21 Å². The molecule has 0 bridgehead atoms. The van der Waals surface area contributed by atoms with Crippen LogP contribution in [0.1, 0.15) is 36.6 Å². The van der Waals surface area contributed by atoms with E-state index < -0.39 is 11.9 Å². The normalized spacial score (nSPS) is 10.5. The zero-order chi connectivity index (χ0) is 27.6. The van der Waals surface area contributed by atoms with Crippen LogP contribution >= 0.6 is 0 Å². The van der Waals surface area contributed by atoms with Crippen molar-refractivity contribution < 1.29 is 28.6 Å². The Morgan fingerprint density at radius 2 is 1.23 bits per heavy atom. The fourth-order valence-corrected chi connectivity index (χ4v) is 3.43. The SMILES string of the molecule is COc1ccc(C(=O)Nc2ccc(C(=O)N/N=C/c3cccc(OC(=O)c4ccc(OC)cc4)c3)cc2)cc1. The molecule has 9 heteroatoms. The summed E-state index contributed by atoms with van der Waals surface area (Å²) in [5.74, 6) is 0.407. The number of nitrogens with zero attached hydrogens (tertiary/aromatic N) is 1. The van der Waals surface area contributed by atoms with Crippen LogP contribution in [0.4, 0.5) is 5.69 Å². The third-order valence-corrected chi connectivity index (χ3v) is 5.53. The largest absolute Gasteiger partial charge is 0.497 e. The molecule has 0 aliphatic heterocycles. The third-order valence-electron chi connectivity index (χ3n) is 5.53. The molecule has 0 aromatic heterocycles. The van der Waals surface area contributed by atoms with Crippen molar-refractivity contribution in [2.75, 3.05) is 19.5 Å². The average molecular weight is 524 g/mol. The van der Waals surface area contributed by atoms with Crippen molar-refractivity contribution in [1.29, 1.82) is 0 Å². The fourth-order valence-electron chi connectivity index (χ4n) is 3.43. The van der Waals surface area contributed by atoms with Crippen molar-refractivity contribution in [3.8, 4) is 17.2 Å². The molecule has 9 nitrogen and oxygen atoms in total. The summed E-state index contributed by atoms with van der Waals surface area (Å²) >= 11 is 0. The molecule has 4 rings (SSSR count). The van der Waals surface area contributed by atoms with Crippen LogP contribution in [-0.2, 0) is 0 Å². The van der Waals surface area contributed by atoms with Gasteiger partial charge in [-0.05, 0) is 90.5 Å². The number of ether oxygens (including phenoxy) is 3.